The fourth-order valence-electron chi connectivity index (χ4n) is 4.96. The summed E-state index contributed by atoms with van der Waals surface area (Å²) in [6.07, 6.45) is -14.9. The van der Waals surface area contributed by atoms with Gasteiger partial charge in [-0.2, -0.15) is 0 Å². The molecule has 0 saturated carbocycles. The monoisotopic (exact) mass is 597 g/mol. The molecule has 0 aromatic heterocycles. The summed E-state index contributed by atoms with van der Waals surface area (Å²) in [4.78, 5) is 0. The molecule has 11 atom stereocenters. The maximum atomic E-state index is 10.7. The molecule has 1 unspecified atom stereocenters. The number of aliphatic hydroxyl groups is 7. The van der Waals surface area contributed by atoms with E-state index in [9.17, 15) is 51.1 Å². The van der Waals surface area contributed by atoms with Crippen LogP contribution in [0.4, 0.5) is 0 Å². The highest BCUT2D eigenvalue weighted by Gasteiger charge is 2.48. The second kappa shape index (κ2) is 11.7. The van der Waals surface area contributed by atoms with Crippen LogP contribution in [0, 0.1) is 0 Å². The first-order chi connectivity index (χ1) is 19.8. The summed E-state index contributed by atoms with van der Waals surface area (Å²) < 4.78 is 27.0. The lowest BCUT2D eigenvalue weighted by Crippen LogP contribution is -2.61. The minimum Gasteiger partial charge on any atom is -0.571 e. The molecule has 15 nitrogen and oxygen atoms in total. The number of hydrogen-bond donors (Lipinski definition) is 10. The lowest BCUT2D eigenvalue weighted by molar-refractivity contribution is -0.325. The summed E-state index contributed by atoms with van der Waals surface area (Å²) in [6, 6.07) is 6.22. The number of hydrogen-bond acceptors (Lipinski definition) is 14. The van der Waals surface area contributed by atoms with Gasteiger partial charge in [-0.05, 0) is 25.1 Å². The van der Waals surface area contributed by atoms with Gasteiger partial charge in [0, 0.05) is 12.1 Å². The summed E-state index contributed by atoms with van der Waals surface area (Å²) in [5, 5.41) is 102. The minimum absolute atomic E-state index is 0.0436. The largest absolute Gasteiger partial charge is 0.571 e. The Morgan fingerprint density at radius 2 is 1.43 bits per heavy atom. The van der Waals surface area contributed by atoms with Crippen LogP contribution in [0.2, 0.25) is 0 Å². The SMILES string of the molecule is C[C@@H]1O[C@@H](OC[C@H]2O[C@@H](OC3=Cc4c(O)cc(O)cc4[OH+]C3c3ccc(O)c(O)c3)[C@H](O)[C@H](O)[C@@H]2O)[C@H](O)[C@@H](O)[C@H]1O. The fourth-order valence-corrected chi connectivity index (χ4v) is 4.96. The maximum absolute atomic E-state index is 10.7. The molecule has 2 fully saturated rings. The van der Waals surface area contributed by atoms with Gasteiger partial charge in [-0.3, -0.25) is 0 Å². The van der Waals surface area contributed by atoms with Crippen molar-refractivity contribution in [2.24, 2.45) is 0 Å². The molecule has 3 heterocycles. The van der Waals surface area contributed by atoms with Crippen LogP contribution in [0.25, 0.3) is 6.08 Å². The van der Waals surface area contributed by atoms with Gasteiger partial charge in [0.1, 0.15) is 59.8 Å². The molecule has 5 rings (SSSR count). The molecule has 3 aliphatic heterocycles. The Hall–Kier alpha value is -3.38. The molecular formula is C27H33O15+. The van der Waals surface area contributed by atoms with Crippen molar-refractivity contribution >= 4 is 6.08 Å². The van der Waals surface area contributed by atoms with Crippen molar-refractivity contribution in [1.29, 1.82) is 0 Å². The highest BCUT2D eigenvalue weighted by atomic mass is 16.7. The molecule has 0 aliphatic carbocycles. The first-order valence-electron chi connectivity index (χ1n) is 13.0. The van der Waals surface area contributed by atoms with Gasteiger partial charge < -0.3 is 74.7 Å². The molecule has 2 aromatic carbocycles. The first kappa shape index (κ1) is 30.1. The maximum Gasteiger partial charge on any atom is 0.270 e. The van der Waals surface area contributed by atoms with E-state index in [0.29, 0.717) is 5.56 Å². The predicted molar refractivity (Wildman–Crippen MR) is 138 cm³/mol. The zero-order valence-corrected chi connectivity index (χ0v) is 22.1. The van der Waals surface area contributed by atoms with E-state index in [0.717, 1.165) is 6.07 Å². The molecular weight excluding hydrogens is 564 g/mol. The van der Waals surface area contributed by atoms with Crippen LogP contribution in [-0.2, 0) is 18.9 Å². The van der Waals surface area contributed by atoms with E-state index in [1.807, 2.05) is 0 Å². The predicted octanol–water partition coefficient (Wildman–Crippen LogP) is -1.49. The third kappa shape index (κ3) is 5.66. The minimum atomic E-state index is -1.80. The Morgan fingerprint density at radius 1 is 0.738 bits per heavy atom. The van der Waals surface area contributed by atoms with Crippen molar-refractivity contribution in [3.05, 3.63) is 47.2 Å². The van der Waals surface area contributed by atoms with Crippen molar-refractivity contribution in [3.63, 3.8) is 0 Å². The number of benzene rings is 2. The normalized spacial score (nSPS) is 36.5. The molecule has 0 bridgehead atoms. The Labute approximate surface area is 238 Å². The molecule has 0 spiro atoms. The highest BCUT2D eigenvalue weighted by Crippen LogP contribution is 2.46. The van der Waals surface area contributed by atoms with E-state index in [2.05, 4.69) is 4.74 Å². The summed E-state index contributed by atoms with van der Waals surface area (Å²) in [5.41, 5.74) is 0.445. The van der Waals surface area contributed by atoms with Crippen molar-refractivity contribution in [1.82, 2.24) is 0 Å². The average molecular weight is 598 g/mol. The van der Waals surface area contributed by atoms with Gasteiger partial charge in [0.05, 0.1) is 24.3 Å². The summed E-state index contributed by atoms with van der Waals surface area (Å²) in [6.45, 7) is 0.945. The lowest BCUT2D eigenvalue weighted by Gasteiger charge is -2.42. The van der Waals surface area contributed by atoms with Gasteiger partial charge in [0.25, 0.3) is 11.9 Å². The number of phenolic OH excluding ortho intramolecular Hbond substituents is 4. The van der Waals surface area contributed by atoms with Crippen LogP contribution in [0.3, 0.4) is 0 Å². The molecule has 0 amide bonds. The highest BCUT2D eigenvalue weighted by molar-refractivity contribution is 5.69. The van der Waals surface area contributed by atoms with Gasteiger partial charge in [-0.1, -0.05) is 0 Å². The van der Waals surface area contributed by atoms with E-state index in [1.54, 1.807) is 0 Å². The van der Waals surface area contributed by atoms with Crippen molar-refractivity contribution in [2.45, 2.75) is 74.4 Å². The molecule has 15 heteroatoms. The number of rotatable bonds is 6. The second-order valence-electron chi connectivity index (χ2n) is 10.4. The smallest absolute Gasteiger partial charge is 0.270 e. The second-order valence-corrected chi connectivity index (χ2v) is 10.4. The Bertz CT molecular complexity index is 1320. The molecule has 2 aromatic rings. The van der Waals surface area contributed by atoms with Gasteiger partial charge in [0.15, 0.2) is 23.5 Å². The zero-order chi connectivity index (χ0) is 30.5. The van der Waals surface area contributed by atoms with Crippen LogP contribution < -0.4 is 0 Å². The number of fused-ring (bicyclic) bond motifs is 1. The zero-order valence-electron chi connectivity index (χ0n) is 22.1. The van der Waals surface area contributed by atoms with E-state index >= 15 is 0 Å². The molecule has 42 heavy (non-hydrogen) atoms. The topological polar surface area (TPSA) is 252 Å². The van der Waals surface area contributed by atoms with Crippen LogP contribution in [-0.4, -0.2) is 124 Å². The third-order valence-electron chi connectivity index (χ3n) is 7.41. The van der Waals surface area contributed by atoms with Crippen LogP contribution in [0.15, 0.2) is 36.1 Å². The Morgan fingerprint density at radius 3 is 2.14 bits per heavy atom. The van der Waals surface area contributed by atoms with Crippen molar-refractivity contribution < 1.29 is 74.7 Å². The van der Waals surface area contributed by atoms with Crippen LogP contribution >= 0.6 is 0 Å². The average Bonchev–Trinajstić information content (AvgIpc) is 2.95. The molecule has 0 radical (unpaired) electrons. The van der Waals surface area contributed by atoms with E-state index < -0.39 is 85.6 Å². The van der Waals surface area contributed by atoms with Crippen LogP contribution in [0.1, 0.15) is 24.2 Å². The Kier molecular flexibility index (Phi) is 8.39. The van der Waals surface area contributed by atoms with Gasteiger partial charge in [-0.25, -0.2) is 0 Å². The van der Waals surface area contributed by atoms with E-state index in [1.165, 1.54) is 37.3 Å². The molecule has 2 saturated heterocycles. The number of phenols is 4. The number of ether oxygens (including phenoxy) is 5. The summed E-state index contributed by atoms with van der Waals surface area (Å²) >= 11 is 0. The standard InChI is InChI=1S/C27H32O15/c1-9-19(32)21(34)23(36)26(39-9)38-8-18-20(33)22(35)24(37)27(42-18)41-17-7-12-14(30)5-11(28)6-16(12)40-25(17)10-2-3-13(29)15(31)4-10/h2-7,9,18-37H,8H2,1H3/p+1/t9-,18+,19-,20+,21-,22+,23+,24+,25?,26+,27+/m0/s1. The fraction of sp³-hybridized carbons (Fsp3) is 0.481. The quantitative estimate of drug-likeness (QED) is 0.135. The molecule has 3 aliphatic rings. The van der Waals surface area contributed by atoms with E-state index in [-0.39, 0.29) is 28.6 Å². The van der Waals surface area contributed by atoms with Gasteiger partial charge in [0.2, 0.25) is 6.29 Å². The number of aromatic hydroxyl groups is 5. The first-order valence-corrected chi connectivity index (χ1v) is 13.0. The van der Waals surface area contributed by atoms with E-state index in [4.69, 9.17) is 18.9 Å². The van der Waals surface area contributed by atoms with Crippen molar-refractivity contribution in [3.8, 4) is 28.7 Å². The van der Waals surface area contributed by atoms with Gasteiger partial charge >= 0.3 is 0 Å². The lowest BCUT2D eigenvalue weighted by atomic mass is 9.98. The van der Waals surface area contributed by atoms with Crippen LogP contribution in [0.5, 0.6) is 28.7 Å². The molecule has 230 valence electrons. The van der Waals surface area contributed by atoms with Crippen molar-refractivity contribution in [2.75, 3.05) is 6.61 Å². The summed E-state index contributed by atoms with van der Waals surface area (Å²) in [7, 11) is 0. The molecule has 11 N–H and O–H groups in total. The van der Waals surface area contributed by atoms with Gasteiger partial charge in [-0.15, -0.1) is 0 Å². The summed E-state index contributed by atoms with van der Waals surface area (Å²) in [5.74, 6) is -1.35. The number of aliphatic hydroxyl groups excluding tert-OH is 6. The Balaban J connectivity index is 1.39. The third-order valence-corrected chi connectivity index (χ3v) is 7.41.